The molecule has 2 unspecified atom stereocenters. The minimum absolute atomic E-state index is 0.0506. The van der Waals surface area contributed by atoms with E-state index in [2.05, 4.69) is 5.32 Å². The first kappa shape index (κ1) is 16.2. The number of rotatable bonds is 6. The zero-order chi connectivity index (χ0) is 16.1. The number of nitrogens with zero attached hydrogens (tertiary/aromatic N) is 1. The fraction of sp³-hybridized carbons (Fsp3) is 0.500. The van der Waals surface area contributed by atoms with E-state index in [9.17, 15) is 19.3 Å². The molecule has 0 spiro atoms. The van der Waals surface area contributed by atoms with Crippen molar-refractivity contribution in [2.75, 3.05) is 13.2 Å². The maximum Gasteiger partial charge on any atom is 0.305 e. The number of nitro groups is 1. The minimum Gasteiger partial charge on any atom is -0.484 e. The van der Waals surface area contributed by atoms with Gasteiger partial charge < -0.3 is 15.8 Å². The number of benzene rings is 1. The Morgan fingerprint density at radius 1 is 1.50 bits per heavy atom. The van der Waals surface area contributed by atoms with Gasteiger partial charge in [-0.2, -0.15) is 4.39 Å². The van der Waals surface area contributed by atoms with Gasteiger partial charge in [0, 0.05) is 18.2 Å². The summed E-state index contributed by atoms with van der Waals surface area (Å²) in [6.45, 7) is 0.254. The normalized spacial score (nSPS) is 20.6. The SMILES string of the molecule is NCC1CCCC1NC(=O)COc1ccc([N+](=O)[O-])c(F)c1. The molecule has 0 saturated heterocycles. The van der Waals surface area contributed by atoms with Gasteiger partial charge in [0.2, 0.25) is 5.82 Å². The maximum atomic E-state index is 13.4. The Kier molecular flexibility index (Phi) is 5.26. The zero-order valence-corrected chi connectivity index (χ0v) is 12.0. The first-order valence-electron chi connectivity index (χ1n) is 7.07. The molecular weight excluding hydrogens is 293 g/mol. The van der Waals surface area contributed by atoms with Crippen LogP contribution < -0.4 is 15.8 Å². The summed E-state index contributed by atoms with van der Waals surface area (Å²) in [4.78, 5) is 21.5. The maximum absolute atomic E-state index is 13.4. The van der Waals surface area contributed by atoms with Crippen LogP contribution in [0.4, 0.5) is 10.1 Å². The van der Waals surface area contributed by atoms with E-state index in [1.54, 1.807) is 0 Å². The molecule has 120 valence electrons. The highest BCUT2D eigenvalue weighted by atomic mass is 19.1. The molecule has 1 aliphatic rings. The average molecular weight is 311 g/mol. The quantitative estimate of drug-likeness (QED) is 0.609. The van der Waals surface area contributed by atoms with Crippen LogP contribution in [-0.4, -0.2) is 30.0 Å². The highest BCUT2D eigenvalue weighted by Crippen LogP contribution is 2.25. The Balaban J connectivity index is 1.86. The van der Waals surface area contributed by atoms with Gasteiger partial charge in [-0.05, 0) is 31.4 Å². The Labute approximate surface area is 126 Å². The van der Waals surface area contributed by atoms with Crippen LogP contribution in [0.25, 0.3) is 0 Å². The third-order valence-corrected chi connectivity index (χ3v) is 3.79. The fourth-order valence-electron chi connectivity index (χ4n) is 2.63. The topological polar surface area (TPSA) is 107 Å². The minimum atomic E-state index is -0.998. The second-order valence-electron chi connectivity index (χ2n) is 5.26. The Hall–Kier alpha value is -2.22. The summed E-state index contributed by atoms with van der Waals surface area (Å²) >= 11 is 0. The van der Waals surface area contributed by atoms with Gasteiger partial charge in [-0.15, -0.1) is 0 Å². The van der Waals surface area contributed by atoms with Gasteiger partial charge >= 0.3 is 5.69 Å². The van der Waals surface area contributed by atoms with Gasteiger partial charge in [0.15, 0.2) is 6.61 Å². The van der Waals surface area contributed by atoms with Gasteiger partial charge in [0.1, 0.15) is 5.75 Å². The molecule has 8 heteroatoms. The molecule has 3 N–H and O–H groups in total. The summed E-state index contributed by atoms with van der Waals surface area (Å²) < 4.78 is 18.6. The van der Waals surface area contributed by atoms with Gasteiger partial charge in [0.25, 0.3) is 5.91 Å². The number of nitrogens with one attached hydrogen (secondary N) is 1. The van der Waals surface area contributed by atoms with Crippen molar-refractivity contribution < 1.29 is 18.8 Å². The van der Waals surface area contributed by atoms with Crippen LogP contribution in [-0.2, 0) is 4.79 Å². The van der Waals surface area contributed by atoms with Gasteiger partial charge in [-0.25, -0.2) is 0 Å². The van der Waals surface area contributed by atoms with E-state index in [1.807, 2.05) is 0 Å². The molecule has 1 aliphatic carbocycles. The summed E-state index contributed by atoms with van der Waals surface area (Å²) in [7, 11) is 0. The van der Waals surface area contributed by atoms with E-state index in [0.29, 0.717) is 6.54 Å². The molecule has 22 heavy (non-hydrogen) atoms. The largest absolute Gasteiger partial charge is 0.484 e. The van der Waals surface area contributed by atoms with E-state index in [4.69, 9.17) is 10.5 Å². The number of amides is 1. The first-order valence-corrected chi connectivity index (χ1v) is 7.07. The van der Waals surface area contributed by atoms with E-state index in [0.717, 1.165) is 31.4 Å². The van der Waals surface area contributed by atoms with Gasteiger partial charge in [0.05, 0.1) is 4.92 Å². The predicted molar refractivity (Wildman–Crippen MR) is 76.9 cm³/mol. The lowest BCUT2D eigenvalue weighted by Crippen LogP contribution is -2.42. The molecule has 1 amide bonds. The number of ether oxygens (including phenoxy) is 1. The van der Waals surface area contributed by atoms with Crippen molar-refractivity contribution in [1.29, 1.82) is 0 Å². The van der Waals surface area contributed by atoms with Crippen LogP contribution >= 0.6 is 0 Å². The van der Waals surface area contributed by atoms with Crippen LogP contribution in [0.2, 0.25) is 0 Å². The van der Waals surface area contributed by atoms with Crippen LogP contribution in [0.5, 0.6) is 5.75 Å². The summed E-state index contributed by atoms with van der Waals surface area (Å²) in [5.74, 6) is -0.966. The second kappa shape index (κ2) is 7.17. The number of halogens is 1. The van der Waals surface area contributed by atoms with Crippen molar-refractivity contribution >= 4 is 11.6 Å². The lowest BCUT2D eigenvalue weighted by molar-refractivity contribution is -0.387. The lowest BCUT2D eigenvalue weighted by atomic mass is 10.0. The standard InChI is InChI=1S/C14H18FN3O4/c15-11-6-10(4-5-13(11)18(20)21)22-8-14(19)17-12-3-1-2-9(12)7-16/h4-6,9,12H,1-3,7-8,16H2,(H,17,19). The smallest absolute Gasteiger partial charge is 0.305 e. The highest BCUT2D eigenvalue weighted by Gasteiger charge is 2.27. The Morgan fingerprint density at radius 2 is 2.27 bits per heavy atom. The number of hydrogen-bond acceptors (Lipinski definition) is 5. The third-order valence-electron chi connectivity index (χ3n) is 3.79. The van der Waals surface area contributed by atoms with Gasteiger partial charge in [-0.3, -0.25) is 14.9 Å². The molecule has 1 aromatic rings. The Morgan fingerprint density at radius 3 is 2.91 bits per heavy atom. The predicted octanol–water partition coefficient (Wildman–Crippen LogP) is 1.36. The fourth-order valence-corrected chi connectivity index (χ4v) is 2.63. The van der Waals surface area contributed by atoms with Crippen LogP contribution in [0.1, 0.15) is 19.3 Å². The molecule has 1 saturated carbocycles. The number of nitrogens with two attached hydrogens (primary N) is 1. The third kappa shape index (κ3) is 3.91. The van der Waals surface area contributed by atoms with Gasteiger partial charge in [-0.1, -0.05) is 6.42 Å². The molecule has 2 rings (SSSR count). The molecule has 0 aromatic heterocycles. The second-order valence-corrected chi connectivity index (χ2v) is 5.26. The molecule has 1 fully saturated rings. The van der Waals surface area contributed by atoms with Crippen LogP contribution in [0.3, 0.4) is 0 Å². The first-order chi connectivity index (χ1) is 10.5. The summed E-state index contributed by atoms with van der Waals surface area (Å²) in [6.07, 6.45) is 2.91. The molecule has 1 aromatic carbocycles. The molecule has 0 aliphatic heterocycles. The molecule has 0 bridgehead atoms. The molecule has 2 atom stereocenters. The number of hydrogen-bond donors (Lipinski definition) is 2. The summed E-state index contributed by atoms with van der Waals surface area (Å²) in [5.41, 5.74) is 5.01. The van der Waals surface area contributed by atoms with E-state index >= 15 is 0 Å². The van der Waals surface area contributed by atoms with Crippen LogP contribution in [0.15, 0.2) is 18.2 Å². The Bertz CT molecular complexity index is 567. The molecule has 7 nitrogen and oxygen atoms in total. The molecule has 0 radical (unpaired) electrons. The van der Waals surface area contributed by atoms with E-state index in [1.165, 1.54) is 6.07 Å². The summed E-state index contributed by atoms with van der Waals surface area (Å²) in [6, 6.07) is 3.20. The van der Waals surface area contributed by atoms with Crippen molar-refractivity contribution in [1.82, 2.24) is 5.32 Å². The van der Waals surface area contributed by atoms with E-state index in [-0.39, 0.29) is 30.2 Å². The zero-order valence-electron chi connectivity index (χ0n) is 12.0. The number of carbonyl (C=O) groups is 1. The van der Waals surface area contributed by atoms with Crippen LogP contribution in [0, 0.1) is 21.8 Å². The van der Waals surface area contributed by atoms with Crippen molar-refractivity contribution in [3.63, 3.8) is 0 Å². The lowest BCUT2D eigenvalue weighted by Gasteiger charge is -2.19. The summed E-state index contributed by atoms with van der Waals surface area (Å²) in [5, 5.41) is 13.4. The highest BCUT2D eigenvalue weighted by molar-refractivity contribution is 5.77. The molecule has 0 heterocycles. The number of carbonyl (C=O) groups excluding carboxylic acids is 1. The molecular formula is C14H18FN3O4. The monoisotopic (exact) mass is 311 g/mol. The van der Waals surface area contributed by atoms with Crippen molar-refractivity contribution in [3.05, 3.63) is 34.1 Å². The van der Waals surface area contributed by atoms with Crippen molar-refractivity contribution in [2.24, 2.45) is 11.7 Å². The average Bonchev–Trinajstić information content (AvgIpc) is 2.92. The van der Waals surface area contributed by atoms with Crippen molar-refractivity contribution in [2.45, 2.75) is 25.3 Å². The number of nitro benzene ring substituents is 1. The van der Waals surface area contributed by atoms with E-state index < -0.39 is 16.4 Å². The van der Waals surface area contributed by atoms with Crippen molar-refractivity contribution in [3.8, 4) is 5.75 Å².